The van der Waals surface area contributed by atoms with Gasteiger partial charge in [-0.05, 0) is 18.2 Å². The number of fused-ring (bicyclic) bond motifs is 3. The number of thiazole rings is 1. The Bertz CT molecular complexity index is 1450. The van der Waals surface area contributed by atoms with Gasteiger partial charge in [-0.2, -0.15) is 11.8 Å². The molecule has 5 aromatic rings. The van der Waals surface area contributed by atoms with Crippen LogP contribution in [-0.4, -0.2) is 27.7 Å². The van der Waals surface area contributed by atoms with Crippen molar-refractivity contribution in [2.24, 2.45) is 5.73 Å². The van der Waals surface area contributed by atoms with Gasteiger partial charge in [0, 0.05) is 28.3 Å². The van der Waals surface area contributed by atoms with Crippen LogP contribution in [0.5, 0.6) is 0 Å². The molecule has 0 radical (unpaired) electrons. The largest absolute Gasteiger partial charge is 0.323 e. The SMILES string of the molecule is NC(CSCc1nc2c(F)cc(F)cc2s1)C(=O)Nc1c2ccccc2nc2ccccc12. The van der Waals surface area contributed by atoms with Gasteiger partial charge < -0.3 is 11.1 Å². The van der Waals surface area contributed by atoms with E-state index in [9.17, 15) is 13.6 Å². The number of benzene rings is 3. The number of nitrogens with two attached hydrogens (primary N) is 1. The molecule has 0 saturated heterocycles. The summed E-state index contributed by atoms with van der Waals surface area (Å²) < 4.78 is 27.7. The first-order chi connectivity index (χ1) is 16.0. The maximum absolute atomic E-state index is 13.9. The topological polar surface area (TPSA) is 80.9 Å². The molecule has 0 bridgehead atoms. The fourth-order valence-electron chi connectivity index (χ4n) is 3.60. The first-order valence-corrected chi connectivity index (χ1v) is 12.1. The standard InChI is InChI=1S/C24H18F2N4OS2/c25-13-9-16(26)23-20(10-13)33-21(29-23)12-32-11-17(27)24(31)30-22-14-5-1-3-7-18(14)28-19-8-4-2-6-15(19)22/h1-10,17H,11-12,27H2,(H,28,30,31). The number of nitrogens with one attached hydrogen (secondary N) is 1. The molecule has 3 aromatic carbocycles. The number of hydrogen-bond donors (Lipinski definition) is 2. The highest BCUT2D eigenvalue weighted by Crippen LogP contribution is 2.31. The molecule has 1 amide bonds. The molecule has 0 aliphatic rings. The Balaban J connectivity index is 1.29. The Morgan fingerprint density at radius 3 is 2.39 bits per heavy atom. The number of aromatic nitrogens is 2. The normalized spacial score (nSPS) is 12.5. The molecule has 166 valence electrons. The van der Waals surface area contributed by atoms with E-state index in [2.05, 4.69) is 15.3 Å². The van der Waals surface area contributed by atoms with Crippen LogP contribution in [0.2, 0.25) is 0 Å². The number of rotatable bonds is 6. The minimum atomic E-state index is -0.760. The third kappa shape index (κ3) is 4.39. The summed E-state index contributed by atoms with van der Waals surface area (Å²) in [6.45, 7) is 0. The number of nitrogens with zero attached hydrogens (tertiary/aromatic N) is 2. The second kappa shape index (κ2) is 9.01. The van der Waals surface area contributed by atoms with E-state index in [1.807, 2.05) is 48.5 Å². The minimum absolute atomic E-state index is 0.162. The van der Waals surface area contributed by atoms with Crippen molar-refractivity contribution in [1.29, 1.82) is 0 Å². The van der Waals surface area contributed by atoms with Gasteiger partial charge in [0.25, 0.3) is 0 Å². The number of hydrogen-bond acceptors (Lipinski definition) is 6. The van der Waals surface area contributed by atoms with Crippen LogP contribution in [0.4, 0.5) is 14.5 Å². The van der Waals surface area contributed by atoms with Crippen molar-refractivity contribution in [2.45, 2.75) is 11.8 Å². The molecule has 0 aliphatic heterocycles. The summed E-state index contributed by atoms with van der Waals surface area (Å²) in [4.78, 5) is 21.8. The zero-order chi connectivity index (χ0) is 22.9. The zero-order valence-corrected chi connectivity index (χ0v) is 18.9. The lowest BCUT2D eigenvalue weighted by Crippen LogP contribution is -2.37. The van der Waals surface area contributed by atoms with Crippen LogP contribution in [0, 0.1) is 11.6 Å². The van der Waals surface area contributed by atoms with Crippen molar-refractivity contribution in [3.8, 4) is 0 Å². The Morgan fingerprint density at radius 1 is 1.03 bits per heavy atom. The summed E-state index contributed by atoms with van der Waals surface area (Å²) in [6.07, 6.45) is 0. The van der Waals surface area contributed by atoms with Crippen LogP contribution in [0.1, 0.15) is 5.01 Å². The van der Waals surface area contributed by atoms with Crippen LogP contribution in [0.25, 0.3) is 32.0 Å². The summed E-state index contributed by atoms with van der Waals surface area (Å²) >= 11 is 2.65. The predicted molar refractivity (Wildman–Crippen MR) is 132 cm³/mol. The Kier molecular flexibility index (Phi) is 5.92. The lowest BCUT2D eigenvalue weighted by atomic mass is 10.1. The molecule has 3 N–H and O–H groups in total. The van der Waals surface area contributed by atoms with Crippen LogP contribution in [0.3, 0.4) is 0 Å². The van der Waals surface area contributed by atoms with Crippen molar-refractivity contribution in [1.82, 2.24) is 9.97 Å². The maximum atomic E-state index is 13.9. The molecule has 9 heteroatoms. The summed E-state index contributed by atoms with van der Waals surface area (Å²) in [7, 11) is 0. The number of amides is 1. The second-order valence-electron chi connectivity index (χ2n) is 7.47. The van der Waals surface area contributed by atoms with Gasteiger partial charge in [-0.25, -0.2) is 18.7 Å². The molecule has 2 aromatic heterocycles. The van der Waals surface area contributed by atoms with Gasteiger partial charge in [-0.1, -0.05) is 36.4 Å². The molecule has 0 saturated carbocycles. The summed E-state index contributed by atoms with van der Waals surface area (Å²) in [5, 5.41) is 5.32. The third-order valence-corrected chi connectivity index (χ3v) is 7.41. The van der Waals surface area contributed by atoms with Gasteiger partial charge in [0.2, 0.25) is 5.91 Å². The second-order valence-corrected chi connectivity index (χ2v) is 9.62. The van der Waals surface area contributed by atoms with Gasteiger partial charge in [-0.3, -0.25) is 4.79 Å². The Hall–Kier alpha value is -3.14. The van der Waals surface area contributed by atoms with Crippen molar-refractivity contribution in [3.05, 3.63) is 77.3 Å². The van der Waals surface area contributed by atoms with Crippen LogP contribution < -0.4 is 11.1 Å². The van der Waals surface area contributed by atoms with E-state index in [-0.39, 0.29) is 11.4 Å². The fraction of sp³-hybridized carbons (Fsp3) is 0.125. The van der Waals surface area contributed by atoms with Crippen LogP contribution in [-0.2, 0) is 10.5 Å². The number of anilines is 1. The van der Waals surface area contributed by atoms with E-state index in [4.69, 9.17) is 5.73 Å². The molecule has 5 rings (SSSR count). The Labute approximate surface area is 196 Å². The van der Waals surface area contributed by atoms with E-state index in [0.29, 0.717) is 26.9 Å². The molecular weight excluding hydrogens is 462 g/mol. The molecule has 1 unspecified atom stereocenters. The lowest BCUT2D eigenvalue weighted by Gasteiger charge is -2.15. The molecule has 0 spiro atoms. The molecular formula is C24H18F2N4OS2. The van der Waals surface area contributed by atoms with Gasteiger partial charge in [0.15, 0.2) is 5.82 Å². The van der Waals surface area contributed by atoms with Crippen molar-refractivity contribution < 1.29 is 13.6 Å². The number of thioether (sulfide) groups is 1. The number of pyridine rings is 1. The molecule has 0 aliphatic carbocycles. The van der Waals surface area contributed by atoms with Crippen molar-refractivity contribution in [2.75, 3.05) is 11.1 Å². The van der Waals surface area contributed by atoms with E-state index in [0.717, 1.165) is 27.9 Å². The highest BCUT2D eigenvalue weighted by molar-refractivity contribution is 7.98. The predicted octanol–water partition coefficient (Wildman–Crippen LogP) is 5.48. The average molecular weight is 481 g/mol. The monoisotopic (exact) mass is 480 g/mol. The fourth-order valence-corrected chi connectivity index (χ4v) is 5.65. The van der Waals surface area contributed by atoms with Gasteiger partial charge in [0.1, 0.15) is 16.3 Å². The van der Waals surface area contributed by atoms with Gasteiger partial charge in [-0.15, -0.1) is 11.3 Å². The zero-order valence-electron chi connectivity index (χ0n) is 17.2. The summed E-state index contributed by atoms with van der Waals surface area (Å²) in [6, 6.07) is 16.6. The maximum Gasteiger partial charge on any atom is 0.242 e. The van der Waals surface area contributed by atoms with E-state index in [1.54, 1.807) is 0 Å². The van der Waals surface area contributed by atoms with E-state index in [1.165, 1.54) is 29.2 Å². The summed E-state index contributed by atoms with van der Waals surface area (Å²) in [5.74, 6) is -0.813. The lowest BCUT2D eigenvalue weighted by molar-refractivity contribution is -0.116. The van der Waals surface area contributed by atoms with Crippen LogP contribution >= 0.6 is 23.1 Å². The minimum Gasteiger partial charge on any atom is -0.323 e. The van der Waals surface area contributed by atoms with E-state index >= 15 is 0 Å². The van der Waals surface area contributed by atoms with Gasteiger partial charge >= 0.3 is 0 Å². The highest BCUT2D eigenvalue weighted by atomic mass is 32.2. The number of carbonyl (C=O) groups is 1. The quantitative estimate of drug-likeness (QED) is 0.315. The smallest absolute Gasteiger partial charge is 0.242 e. The third-order valence-electron chi connectivity index (χ3n) is 5.15. The number of para-hydroxylation sites is 2. The summed E-state index contributed by atoms with van der Waals surface area (Å²) in [5.41, 5.74) is 8.58. The number of carbonyl (C=O) groups excluding carboxylic acids is 1. The van der Waals surface area contributed by atoms with Gasteiger partial charge in [0.05, 0.1) is 27.5 Å². The molecule has 5 nitrogen and oxygen atoms in total. The van der Waals surface area contributed by atoms with Crippen LogP contribution in [0.15, 0.2) is 60.7 Å². The van der Waals surface area contributed by atoms with Crippen molar-refractivity contribution >= 4 is 66.7 Å². The molecule has 1 atom stereocenters. The first kappa shape index (κ1) is 21.7. The van der Waals surface area contributed by atoms with Crippen molar-refractivity contribution in [3.63, 3.8) is 0 Å². The average Bonchev–Trinajstić information content (AvgIpc) is 3.21. The number of halogens is 2. The first-order valence-electron chi connectivity index (χ1n) is 10.2. The molecule has 0 fully saturated rings. The van der Waals surface area contributed by atoms with E-state index < -0.39 is 17.7 Å². The molecule has 2 heterocycles. The Morgan fingerprint density at radius 2 is 1.70 bits per heavy atom. The molecule has 33 heavy (non-hydrogen) atoms. The highest BCUT2D eigenvalue weighted by Gasteiger charge is 2.18.